The molecule has 1 aromatic carbocycles. The number of carbonyl (C=O) groups is 1. The number of nitrogens with zero attached hydrogens (tertiary/aromatic N) is 2. The molecule has 31 heavy (non-hydrogen) atoms. The lowest BCUT2D eigenvalue weighted by Gasteiger charge is -2.31. The molecule has 0 spiro atoms. The van der Waals surface area contributed by atoms with Crippen LogP contribution in [-0.4, -0.2) is 41.5 Å². The second kappa shape index (κ2) is 8.10. The van der Waals surface area contributed by atoms with Crippen LogP contribution in [0.2, 0.25) is 0 Å². The third-order valence-electron chi connectivity index (χ3n) is 6.87. The van der Waals surface area contributed by atoms with Gasteiger partial charge >= 0.3 is 5.97 Å². The molecule has 4 rings (SSSR count). The van der Waals surface area contributed by atoms with Gasteiger partial charge in [0.2, 0.25) is 10.0 Å². The van der Waals surface area contributed by atoms with Crippen LogP contribution in [0.5, 0.6) is 0 Å². The standard InChI is InChI=1S/C24H32N2O4S/c1-17-20(21-15-24(2,3)11-10-22(21)26(17)16-23(27)28)14-18-6-8-19(9-7-18)31(29,30)25-12-4-5-13-25/h6-9H,4-5,10-16H2,1-3H3,(H,27,28). The van der Waals surface area contributed by atoms with Gasteiger partial charge in [-0.3, -0.25) is 4.79 Å². The van der Waals surface area contributed by atoms with Gasteiger partial charge in [-0.15, -0.1) is 0 Å². The second-order valence-electron chi connectivity index (χ2n) is 9.74. The van der Waals surface area contributed by atoms with Crippen LogP contribution in [0.4, 0.5) is 0 Å². The van der Waals surface area contributed by atoms with Gasteiger partial charge in [0.05, 0.1) is 4.90 Å². The van der Waals surface area contributed by atoms with E-state index in [2.05, 4.69) is 13.8 Å². The zero-order valence-electron chi connectivity index (χ0n) is 18.6. The fourth-order valence-electron chi connectivity index (χ4n) is 5.08. The van der Waals surface area contributed by atoms with Crippen molar-refractivity contribution in [2.24, 2.45) is 5.41 Å². The minimum absolute atomic E-state index is 0.0123. The molecule has 0 unspecified atom stereocenters. The van der Waals surface area contributed by atoms with Crippen LogP contribution in [0.25, 0.3) is 0 Å². The van der Waals surface area contributed by atoms with Gasteiger partial charge in [0.25, 0.3) is 0 Å². The summed E-state index contributed by atoms with van der Waals surface area (Å²) in [7, 11) is -3.41. The summed E-state index contributed by atoms with van der Waals surface area (Å²) in [6, 6.07) is 7.22. The largest absolute Gasteiger partial charge is 0.480 e. The first-order valence-electron chi connectivity index (χ1n) is 11.1. The Morgan fingerprint density at radius 3 is 2.39 bits per heavy atom. The molecule has 0 saturated carbocycles. The monoisotopic (exact) mass is 444 g/mol. The highest BCUT2D eigenvalue weighted by atomic mass is 32.2. The molecule has 1 aliphatic carbocycles. The molecule has 0 atom stereocenters. The molecule has 6 nitrogen and oxygen atoms in total. The Hall–Kier alpha value is -2.12. The average Bonchev–Trinajstić information content (AvgIpc) is 3.32. The van der Waals surface area contributed by atoms with Crippen LogP contribution < -0.4 is 0 Å². The van der Waals surface area contributed by atoms with E-state index in [-0.39, 0.29) is 12.0 Å². The summed E-state index contributed by atoms with van der Waals surface area (Å²) >= 11 is 0. The maximum atomic E-state index is 12.8. The zero-order valence-corrected chi connectivity index (χ0v) is 19.5. The van der Waals surface area contributed by atoms with E-state index < -0.39 is 16.0 Å². The van der Waals surface area contributed by atoms with Gasteiger partial charge in [0.1, 0.15) is 6.54 Å². The summed E-state index contributed by atoms with van der Waals surface area (Å²) in [6.45, 7) is 7.73. The lowest BCUT2D eigenvalue weighted by Crippen LogP contribution is -2.27. The quantitative estimate of drug-likeness (QED) is 0.736. The number of hydrogen-bond donors (Lipinski definition) is 1. The van der Waals surface area contributed by atoms with Crippen LogP contribution in [0.1, 0.15) is 61.2 Å². The molecule has 0 bridgehead atoms. The number of hydrogen-bond acceptors (Lipinski definition) is 3. The Kier molecular flexibility index (Phi) is 5.77. The van der Waals surface area contributed by atoms with Gasteiger partial charge < -0.3 is 9.67 Å². The van der Waals surface area contributed by atoms with Crippen molar-refractivity contribution in [2.45, 2.75) is 70.7 Å². The molecule has 7 heteroatoms. The number of benzene rings is 1. The van der Waals surface area contributed by atoms with Crippen molar-refractivity contribution < 1.29 is 18.3 Å². The van der Waals surface area contributed by atoms with Gasteiger partial charge in [0.15, 0.2) is 0 Å². The van der Waals surface area contributed by atoms with Gasteiger partial charge in [-0.05, 0) is 79.7 Å². The Morgan fingerprint density at radius 2 is 1.77 bits per heavy atom. The third-order valence-corrected chi connectivity index (χ3v) is 8.79. The van der Waals surface area contributed by atoms with E-state index in [1.165, 1.54) is 11.1 Å². The van der Waals surface area contributed by atoms with Gasteiger partial charge in [-0.25, -0.2) is 8.42 Å². The lowest BCUT2D eigenvalue weighted by molar-refractivity contribution is -0.137. The minimum Gasteiger partial charge on any atom is -0.480 e. The molecule has 1 N–H and O–H groups in total. The van der Waals surface area contributed by atoms with Gasteiger partial charge in [-0.2, -0.15) is 4.31 Å². The molecule has 168 valence electrons. The molecule has 1 saturated heterocycles. The summed E-state index contributed by atoms with van der Waals surface area (Å²) in [6.07, 6.45) is 5.40. The van der Waals surface area contributed by atoms with E-state index >= 15 is 0 Å². The highest BCUT2D eigenvalue weighted by Crippen LogP contribution is 2.39. The number of rotatable bonds is 6. The molecular weight excluding hydrogens is 412 g/mol. The Balaban J connectivity index is 1.65. The number of aromatic nitrogens is 1. The van der Waals surface area contributed by atoms with Crippen molar-refractivity contribution >= 4 is 16.0 Å². The average molecular weight is 445 g/mol. The number of fused-ring (bicyclic) bond motifs is 1. The SMILES string of the molecule is Cc1c(Cc2ccc(S(=O)(=O)N3CCCC3)cc2)c2c(n1CC(=O)O)CCC(C)(C)C2. The molecule has 2 heterocycles. The molecule has 1 fully saturated rings. The summed E-state index contributed by atoms with van der Waals surface area (Å²) in [5, 5.41) is 9.41. The van der Waals surface area contributed by atoms with Crippen LogP contribution >= 0.6 is 0 Å². The summed E-state index contributed by atoms with van der Waals surface area (Å²) < 4.78 is 29.1. The fourth-order valence-corrected chi connectivity index (χ4v) is 6.60. The molecule has 1 aliphatic heterocycles. The maximum absolute atomic E-state index is 12.8. The van der Waals surface area contributed by atoms with E-state index in [0.717, 1.165) is 49.1 Å². The van der Waals surface area contributed by atoms with Gasteiger partial charge in [0, 0.05) is 24.5 Å². The van der Waals surface area contributed by atoms with Crippen molar-refractivity contribution in [3.63, 3.8) is 0 Å². The zero-order chi connectivity index (χ0) is 22.4. The Bertz CT molecular complexity index is 1090. The summed E-state index contributed by atoms with van der Waals surface area (Å²) in [4.78, 5) is 11.8. The number of aliphatic carboxylic acids is 1. The van der Waals surface area contributed by atoms with E-state index in [1.807, 2.05) is 23.6 Å². The van der Waals surface area contributed by atoms with Gasteiger partial charge in [-0.1, -0.05) is 26.0 Å². The van der Waals surface area contributed by atoms with Crippen molar-refractivity contribution in [2.75, 3.05) is 13.1 Å². The molecule has 0 amide bonds. The molecule has 2 aromatic rings. The molecule has 1 aromatic heterocycles. The molecule has 0 radical (unpaired) electrons. The van der Waals surface area contributed by atoms with E-state index in [9.17, 15) is 18.3 Å². The fraction of sp³-hybridized carbons (Fsp3) is 0.542. The highest BCUT2D eigenvalue weighted by molar-refractivity contribution is 7.89. The van der Waals surface area contributed by atoms with Crippen molar-refractivity contribution in [3.05, 3.63) is 52.3 Å². The lowest BCUT2D eigenvalue weighted by atomic mass is 9.75. The van der Waals surface area contributed by atoms with E-state index in [4.69, 9.17) is 0 Å². The first-order chi connectivity index (χ1) is 14.6. The normalized spacial score (nSPS) is 18.8. The number of sulfonamides is 1. The molecular formula is C24H32N2O4S. The topological polar surface area (TPSA) is 79.6 Å². The predicted molar refractivity (Wildman–Crippen MR) is 120 cm³/mol. The van der Waals surface area contributed by atoms with Crippen LogP contribution in [0.15, 0.2) is 29.2 Å². The second-order valence-corrected chi connectivity index (χ2v) is 11.7. The van der Waals surface area contributed by atoms with Crippen LogP contribution in [0, 0.1) is 12.3 Å². The van der Waals surface area contributed by atoms with Crippen molar-refractivity contribution in [3.8, 4) is 0 Å². The van der Waals surface area contributed by atoms with Crippen LogP contribution in [0.3, 0.4) is 0 Å². The van der Waals surface area contributed by atoms with Crippen molar-refractivity contribution in [1.29, 1.82) is 0 Å². The summed E-state index contributed by atoms with van der Waals surface area (Å²) in [5.41, 5.74) is 5.88. The minimum atomic E-state index is -3.41. The number of carboxylic acid groups (broad SMARTS) is 1. The van der Waals surface area contributed by atoms with Crippen LogP contribution in [-0.2, 0) is 40.6 Å². The smallest absolute Gasteiger partial charge is 0.323 e. The third kappa shape index (κ3) is 4.30. The Morgan fingerprint density at radius 1 is 1.13 bits per heavy atom. The van der Waals surface area contributed by atoms with E-state index in [1.54, 1.807) is 16.4 Å². The molecule has 2 aliphatic rings. The summed E-state index contributed by atoms with van der Waals surface area (Å²) in [5.74, 6) is -0.825. The van der Waals surface area contributed by atoms with E-state index in [0.29, 0.717) is 24.4 Å². The highest BCUT2D eigenvalue weighted by Gasteiger charge is 2.32. The first kappa shape index (κ1) is 22.1. The maximum Gasteiger partial charge on any atom is 0.323 e. The van der Waals surface area contributed by atoms with Crippen molar-refractivity contribution in [1.82, 2.24) is 8.87 Å². The first-order valence-corrected chi connectivity index (χ1v) is 12.5. The predicted octanol–water partition coefficient (Wildman–Crippen LogP) is 3.77. The Labute approximate surface area is 184 Å². The number of carboxylic acids is 1.